The number of carbonyl (C=O) groups excluding carboxylic acids is 2. The average Bonchev–Trinajstić information content (AvgIpc) is 3.44. The fourth-order valence-corrected chi connectivity index (χ4v) is 3.01. The molecule has 1 fully saturated rings. The highest BCUT2D eigenvalue weighted by molar-refractivity contribution is 9.10. The molecule has 0 bridgehead atoms. The Labute approximate surface area is 161 Å². The molecule has 0 heterocycles. The zero-order chi connectivity index (χ0) is 17.1. The van der Waals surface area contributed by atoms with Crippen LogP contribution in [0.5, 0.6) is 0 Å². The van der Waals surface area contributed by atoms with Crippen molar-refractivity contribution in [2.24, 2.45) is 11.7 Å². The number of hydrogen-bond donors (Lipinski definition) is 2. The summed E-state index contributed by atoms with van der Waals surface area (Å²) in [6.07, 6.45) is 2.20. The van der Waals surface area contributed by atoms with Crippen LogP contribution in [-0.4, -0.2) is 24.3 Å². The van der Waals surface area contributed by atoms with Gasteiger partial charge in [0.2, 0.25) is 0 Å². The molecule has 25 heavy (non-hydrogen) atoms. The van der Waals surface area contributed by atoms with Crippen molar-refractivity contribution in [1.82, 2.24) is 5.32 Å². The van der Waals surface area contributed by atoms with Crippen LogP contribution < -0.4 is 11.1 Å². The summed E-state index contributed by atoms with van der Waals surface area (Å²) in [5, 5.41) is 2.98. The van der Waals surface area contributed by atoms with E-state index in [-0.39, 0.29) is 30.1 Å². The molecule has 2 aromatic carbocycles. The smallest absolute Gasteiger partial charge is 0.252 e. The van der Waals surface area contributed by atoms with Crippen molar-refractivity contribution in [2.75, 3.05) is 6.54 Å². The van der Waals surface area contributed by atoms with Gasteiger partial charge in [-0.2, -0.15) is 0 Å². The molecular formula is C19H20BrClN2O2. The van der Waals surface area contributed by atoms with Crippen LogP contribution in [0.4, 0.5) is 0 Å². The molecule has 132 valence electrons. The molecular weight excluding hydrogens is 404 g/mol. The second kappa shape index (κ2) is 8.61. The molecule has 0 spiro atoms. The molecule has 2 aromatic rings. The summed E-state index contributed by atoms with van der Waals surface area (Å²) in [4.78, 5) is 25.4. The summed E-state index contributed by atoms with van der Waals surface area (Å²) < 4.78 is 0.903. The van der Waals surface area contributed by atoms with E-state index in [0.717, 1.165) is 17.3 Å². The van der Waals surface area contributed by atoms with Gasteiger partial charge in [0.15, 0.2) is 5.78 Å². The number of nitrogens with one attached hydrogen (secondary N) is 1. The number of benzene rings is 2. The van der Waals surface area contributed by atoms with E-state index in [1.807, 2.05) is 12.1 Å². The summed E-state index contributed by atoms with van der Waals surface area (Å²) in [7, 11) is 0. The third-order valence-corrected chi connectivity index (χ3v) is 4.81. The summed E-state index contributed by atoms with van der Waals surface area (Å²) in [6, 6.07) is 14.0. The van der Waals surface area contributed by atoms with Crippen LogP contribution in [0.1, 0.15) is 39.1 Å². The molecule has 0 aromatic heterocycles. The number of rotatable bonds is 6. The van der Waals surface area contributed by atoms with Gasteiger partial charge in [0.25, 0.3) is 5.91 Å². The molecule has 0 saturated heterocycles. The summed E-state index contributed by atoms with van der Waals surface area (Å²) in [5.41, 5.74) is 7.11. The number of nitrogens with two attached hydrogens (primary N) is 1. The number of ketones is 1. The fourth-order valence-electron chi connectivity index (χ4n) is 2.75. The largest absolute Gasteiger partial charge is 0.348 e. The predicted molar refractivity (Wildman–Crippen MR) is 104 cm³/mol. The Balaban J connectivity index is 0.00000225. The average molecular weight is 424 g/mol. The molecule has 1 saturated carbocycles. The Hall–Kier alpha value is -1.69. The first-order valence-corrected chi connectivity index (χ1v) is 8.79. The van der Waals surface area contributed by atoms with Gasteiger partial charge in [-0.05, 0) is 49.1 Å². The van der Waals surface area contributed by atoms with E-state index < -0.39 is 0 Å². The third-order valence-electron chi connectivity index (χ3n) is 4.28. The van der Waals surface area contributed by atoms with Crippen LogP contribution >= 0.6 is 28.3 Å². The summed E-state index contributed by atoms with van der Waals surface area (Å²) >= 11 is 3.36. The fraction of sp³-hybridized carbons (Fsp3) is 0.263. The first-order chi connectivity index (χ1) is 11.6. The third kappa shape index (κ3) is 4.69. The molecule has 0 radical (unpaired) electrons. The lowest BCUT2D eigenvalue weighted by molar-refractivity contribution is 0.0923. The van der Waals surface area contributed by atoms with Crippen LogP contribution in [0.3, 0.4) is 0 Å². The monoisotopic (exact) mass is 422 g/mol. The van der Waals surface area contributed by atoms with Gasteiger partial charge < -0.3 is 11.1 Å². The molecule has 3 rings (SSSR count). The minimum atomic E-state index is -0.238. The Morgan fingerprint density at radius 3 is 2.24 bits per heavy atom. The molecule has 1 aliphatic rings. The molecule has 1 unspecified atom stereocenters. The van der Waals surface area contributed by atoms with Gasteiger partial charge >= 0.3 is 0 Å². The highest BCUT2D eigenvalue weighted by atomic mass is 79.9. The van der Waals surface area contributed by atoms with E-state index in [4.69, 9.17) is 5.73 Å². The van der Waals surface area contributed by atoms with Gasteiger partial charge in [0.1, 0.15) is 0 Å². The first-order valence-electron chi connectivity index (χ1n) is 8.00. The zero-order valence-electron chi connectivity index (χ0n) is 13.6. The Kier molecular flexibility index (Phi) is 6.76. The SMILES string of the molecule is Cl.NCC(NC(=O)c1ccccc1C(=O)c1ccc(Br)cc1)C1CC1. The van der Waals surface area contributed by atoms with E-state index in [9.17, 15) is 9.59 Å². The lowest BCUT2D eigenvalue weighted by Gasteiger charge is -2.17. The molecule has 1 amide bonds. The Bertz CT molecular complexity index is 760. The molecule has 4 nitrogen and oxygen atoms in total. The quantitative estimate of drug-likeness (QED) is 0.698. The standard InChI is InChI=1S/C19H19BrN2O2.ClH/c20-14-9-7-13(8-10-14)18(23)15-3-1-2-4-16(15)19(24)22-17(11-21)12-5-6-12;/h1-4,7-10,12,17H,5-6,11,21H2,(H,22,24);1H. The topological polar surface area (TPSA) is 72.2 Å². The van der Waals surface area contributed by atoms with Crippen molar-refractivity contribution in [3.63, 3.8) is 0 Å². The lowest BCUT2D eigenvalue weighted by Crippen LogP contribution is -2.42. The maximum absolute atomic E-state index is 12.8. The molecule has 0 aliphatic heterocycles. The van der Waals surface area contributed by atoms with Crippen LogP contribution in [0.15, 0.2) is 53.0 Å². The van der Waals surface area contributed by atoms with Crippen LogP contribution in [0.25, 0.3) is 0 Å². The van der Waals surface area contributed by atoms with Crippen molar-refractivity contribution in [2.45, 2.75) is 18.9 Å². The number of hydrogen-bond acceptors (Lipinski definition) is 3. The van der Waals surface area contributed by atoms with Crippen LogP contribution in [0, 0.1) is 5.92 Å². The van der Waals surface area contributed by atoms with E-state index in [1.165, 1.54) is 0 Å². The highest BCUT2D eigenvalue weighted by Crippen LogP contribution is 2.32. The number of amides is 1. The maximum Gasteiger partial charge on any atom is 0.252 e. The number of halogens is 2. The predicted octanol–water partition coefficient (Wildman–Crippen LogP) is 3.57. The Morgan fingerprint density at radius 1 is 1.08 bits per heavy atom. The lowest BCUT2D eigenvalue weighted by atomic mass is 9.97. The first kappa shape index (κ1) is 19.6. The molecule has 3 N–H and O–H groups in total. The minimum absolute atomic E-state index is 0. The maximum atomic E-state index is 12.8. The van der Waals surface area contributed by atoms with Gasteiger partial charge in [-0.1, -0.05) is 34.1 Å². The van der Waals surface area contributed by atoms with Gasteiger partial charge in [-0.25, -0.2) is 0 Å². The summed E-state index contributed by atoms with van der Waals surface area (Å²) in [6.45, 7) is 0.416. The van der Waals surface area contributed by atoms with Crippen molar-refractivity contribution in [3.8, 4) is 0 Å². The van der Waals surface area contributed by atoms with Crippen LogP contribution in [-0.2, 0) is 0 Å². The van der Waals surface area contributed by atoms with Crippen molar-refractivity contribution in [3.05, 3.63) is 69.7 Å². The zero-order valence-corrected chi connectivity index (χ0v) is 16.0. The van der Waals surface area contributed by atoms with E-state index in [1.54, 1.807) is 36.4 Å². The number of carbonyl (C=O) groups is 2. The highest BCUT2D eigenvalue weighted by Gasteiger charge is 2.32. The van der Waals surface area contributed by atoms with Gasteiger partial charge in [-0.3, -0.25) is 9.59 Å². The van der Waals surface area contributed by atoms with Crippen molar-refractivity contribution >= 4 is 40.0 Å². The normalized spacial score (nSPS) is 14.3. The van der Waals surface area contributed by atoms with E-state index >= 15 is 0 Å². The van der Waals surface area contributed by atoms with Gasteiger partial charge in [-0.15, -0.1) is 12.4 Å². The molecule has 1 aliphatic carbocycles. The molecule has 1 atom stereocenters. The second-order valence-electron chi connectivity index (χ2n) is 6.03. The van der Waals surface area contributed by atoms with Crippen molar-refractivity contribution in [1.29, 1.82) is 0 Å². The minimum Gasteiger partial charge on any atom is -0.348 e. The van der Waals surface area contributed by atoms with Crippen LogP contribution in [0.2, 0.25) is 0 Å². The van der Waals surface area contributed by atoms with E-state index in [0.29, 0.717) is 29.2 Å². The van der Waals surface area contributed by atoms with Crippen molar-refractivity contribution < 1.29 is 9.59 Å². The van der Waals surface area contributed by atoms with Gasteiger partial charge in [0.05, 0.1) is 5.56 Å². The van der Waals surface area contributed by atoms with Gasteiger partial charge in [0, 0.05) is 28.2 Å². The molecule has 6 heteroatoms. The van der Waals surface area contributed by atoms with E-state index in [2.05, 4.69) is 21.2 Å². The second-order valence-corrected chi connectivity index (χ2v) is 6.95. The Morgan fingerprint density at radius 2 is 1.68 bits per heavy atom. The summed E-state index contributed by atoms with van der Waals surface area (Å²) in [5.74, 6) is 0.0654.